The number of amides is 2. The van der Waals surface area contributed by atoms with E-state index in [2.05, 4.69) is 10.3 Å². The first kappa shape index (κ1) is 24.4. The Morgan fingerprint density at radius 3 is 2.56 bits per heavy atom. The number of aromatic nitrogens is 2. The minimum Gasteiger partial charge on any atom is -0.388 e. The number of urea groups is 1. The maximum absolute atomic E-state index is 13.0. The lowest BCUT2D eigenvalue weighted by atomic mass is 9.85. The van der Waals surface area contributed by atoms with Crippen LogP contribution in [0, 0.1) is 0 Å². The Hall–Kier alpha value is -2.29. The van der Waals surface area contributed by atoms with Crippen LogP contribution in [-0.2, 0) is 13.6 Å². The molecule has 0 spiro atoms. The molecule has 8 nitrogen and oxygen atoms in total. The molecule has 1 aromatic carbocycles. The van der Waals surface area contributed by atoms with E-state index in [-0.39, 0.29) is 17.5 Å². The number of hydrogen-bond donors (Lipinski definition) is 2. The Morgan fingerprint density at radius 1 is 1.25 bits per heavy atom. The van der Waals surface area contributed by atoms with Gasteiger partial charge in [0.1, 0.15) is 5.69 Å². The number of aldehydes is 1. The number of aliphatic hydroxyl groups is 1. The fourth-order valence-electron chi connectivity index (χ4n) is 3.99. The number of anilines is 2. The summed E-state index contributed by atoms with van der Waals surface area (Å²) in [5, 5.41) is 14.8. The first-order chi connectivity index (χ1) is 15.1. The van der Waals surface area contributed by atoms with Crippen molar-refractivity contribution in [3.63, 3.8) is 0 Å². The number of imidazole rings is 1. The number of nitrogens with one attached hydrogen (secondary N) is 1. The molecule has 1 fully saturated rings. The maximum Gasteiger partial charge on any atom is 0.325 e. The van der Waals surface area contributed by atoms with Gasteiger partial charge in [-0.15, -0.1) is 0 Å². The van der Waals surface area contributed by atoms with Crippen LogP contribution < -0.4 is 10.2 Å². The van der Waals surface area contributed by atoms with Gasteiger partial charge < -0.3 is 19.9 Å². The van der Waals surface area contributed by atoms with E-state index < -0.39 is 5.60 Å². The summed E-state index contributed by atoms with van der Waals surface area (Å²) in [6, 6.07) is 4.86. The quantitative estimate of drug-likeness (QED) is 0.574. The predicted molar refractivity (Wildman–Crippen MR) is 127 cm³/mol. The van der Waals surface area contributed by atoms with E-state index in [1.165, 1.54) is 9.80 Å². The molecule has 0 bridgehead atoms. The summed E-state index contributed by atoms with van der Waals surface area (Å²) in [5.74, 6) is 0.666. The molecule has 1 aliphatic rings. The van der Waals surface area contributed by atoms with Crippen LogP contribution in [0.15, 0.2) is 18.2 Å². The minimum atomic E-state index is -0.784. The molecule has 32 heavy (non-hydrogen) atoms. The van der Waals surface area contributed by atoms with Crippen molar-refractivity contribution in [2.24, 2.45) is 7.05 Å². The van der Waals surface area contributed by atoms with Gasteiger partial charge in [0.05, 0.1) is 15.6 Å². The van der Waals surface area contributed by atoms with Crippen LogP contribution >= 0.6 is 23.2 Å². The number of hydrogen-bond acceptors (Lipinski definition) is 5. The molecule has 0 unspecified atom stereocenters. The smallest absolute Gasteiger partial charge is 0.325 e. The van der Waals surface area contributed by atoms with Gasteiger partial charge >= 0.3 is 6.03 Å². The molecule has 1 heterocycles. The van der Waals surface area contributed by atoms with Gasteiger partial charge in [-0.25, -0.2) is 4.79 Å². The first-order valence-corrected chi connectivity index (χ1v) is 11.3. The third-order valence-corrected chi connectivity index (χ3v) is 6.67. The van der Waals surface area contributed by atoms with Crippen LogP contribution in [-0.4, -0.2) is 58.1 Å². The van der Waals surface area contributed by atoms with Crippen LogP contribution in [0.4, 0.5) is 16.6 Å². The Labute approximate surface area is 198 Å². The number of nitrogens with zero attached hydrogens (tertiary/aromatic N) is 4. The second-order valence-corrected chi connectivity index (χ2v) is 9.22. The molecule has 1 aromatic heterocycles. The molecule has 10 heteroatoms. The average molecular weight is 482 g/mol. The van der Waals surface area contributed by atoms with Gasteiger partial charge in [-0.1, -0.05) is 48.5 Å². The van der Waals surface area contributed by atoms with Crippen molar-refractivity contribution in [1.29, 1.82) is 0 Å². The van der Waals surface area contributed by atoms with Gasteiger partial charge in [-0.3, -0.25) is 9.69 Å². The molecule has 2 N–H and O–H groups in total. The lowest BCUT2D eigenvalue weighted by Crippen LogP contribution is -2.39. The van der Waals surface area contributed by atoms with E-state index in [9.17, 15) is 14.7 Å². The fraction of sp³-hybridized carbons (Fsp3) is 0.500. The number of carbonyl (C=O) groups excluding carboxylic acids is 2. The van der Waals surface area contributed by atoms with Crippen molar-refractivity contribution in [2.45, 2.75) is 44.2 Å². The van der Waals surface area contributed by atoms with Crippen molar-refractivity contribution >= 4 is 47.3 Å². The Bertz CT molecular complexity index is 988. The van der Waals surface area contributed by atoms with Gasteiger partial charge in [0.15, 0.2) is 12.1 Å². The summed E-state index contributed by atoms with van der Waals surface area (Å²) in [7, 11) is 4.93. The van der Waals surface area contributed by atoms with Crippen LogP contribution in [0.3, 0.4) is 0 Å². The highest BCUT2D eigenvalue weighted by Crippen LogP contribution is 2.29. The number of carbonyl (C=O) groups is 2. The zero-order valence-corrected chi connectivity index (χ0v) is 20.1. The summed E-state index contributed by atoms with van der Waals surface area (Å²) in [6.07, 6.45) is 5.25. The van der Waals surface area contributed by atoms with Crippen LogP contribution in [0.1, 0.15) is 48.2 Å². The van der Waals surface area contributed by atoms with Crippen LogP contribution in [0.25, 0.3) is 0 Å². The number of rotatable bonds is 7. The Kier molecular flexibility index (Phi) is 7.69. The van der Waals surface area contributed by atoms with Crippen LogP contribution in [0.5, 0.6) is 0 Å². The fourth-order valence-corrected chi connectivity index (χ4v) is 4.31. The molecule has 2 amide bonds. The second kappa shape index (κ2) is 10.1. The summed E-state index contributed by atoms with van der Waals surface area (Å²) < 4.78 is 1.59. The third-order valence-electron chi connectivity index (χ3n) is 5.93. The van der Waals surface area contributed by atoms with E-state index in [1.54, 1.807) is 43.9 Å². The lowest BCUT2D eigenvalue weighted by molar-refractivity contribution is 0.0165. The lowest BCUT2D eigenvalue weighted by Gasteiger charge is -2.32. The Balaban J connectivity index is 1.73. The molecule has 0 saturated heterocycles. The highest BCUT2D eigenvalue weighted by Gasteiger charge is 2.30. The SMILES string of the molecule is CN(Cc1ccc(Cl)c(Cl)c1)C(=O)N(C)c1nc(NCC2(O)CCCCC2)n(C)c1C=O. The Morgan fingerprint density at radius 2 is 1.94 bits per heavy atom. The normalized spacial score (nSPS) is 15.3. The van der Waals surface area contributed by atoms with Gasteiger partial charge in [0.25, 0.3) is 0 Å². The average Bonchev–Trinajstić information content (AvgIpc) is 3.09. The third kappa shape index (κ3) is 5.36. The van der Waals surface area contributed by atoms with Gasteiger partial charge in [-0.2, -0.15) is 4.98 Å². The molecule has 1 saturated carbocycles. The number of benzene rings is 1. The molecule has 1 aliphatic carbocycles. The number of halogens is 2. The van der Waals surface area contributed by atoms with Crippen molar-refractivity contribution < 1.29 is 14.7 Å². The van der Waals surface area contributed by atoms with E-state index >= 15 is 0 Å². The highest BCUT2D eigenvalue weighted by molar-refractivity contribution is 6.42. The van der Waals surface area contributed by atoms with E-state index in [0.717, 1.165) is 37.7 Å². The van der Waals surface area contributed by atoms with Crippen molar-refractivity contribution in [1.82, 2.24) is 14.5 Å². The van der Waals surface area contributed by atoms with E-state index in [4.69, 9.17) is 23.2 Å². The summed E-state index contributed by atoms with van der Waals surface area (Å²) in [4.78, 5) is 32.1. The monoisotopic (exact) mass is 481 g/mol. The molecular weight excluding hydrogens is 453 g/mol. The summed E-state index contributed by atoms with van der Waals surface area (Å²) >= 11 is 12.0. The molecular formula is C22H29Cl2N5O3. The van der Waals surface area contributed by atoms with Crippen LogP contribution in [0.2, 0.25) is 10.0 Å². The van der Waals surface area contributed by atoms with Crippen molar-refractivity contribution in [3.05, 3.63) is 39.5 Å². The van der Waals surface area contributed by atoms with Crippen molar-refractivity contribution in [2.75, 3.05) is 30.9 Å². The molecule has 0 atom stereocenters. The van der Waals surface area contributed by atoms with E-state index in [1.807, 2.05) is 0 Å². The largest absolute Gasteiger partial charge is 0.388 e. The molecule has 0 radical (unpaired) electrons. The highest BCUT2D eigenvalue weighted by atomic mass is 35.5. The summed E-state index contributed by atoms with van der Waals surface area (Å²) in [6.45, 7) is 0.645. The predicted octanol–water partition coefficient (Wildman–Crippen LogP) is 4.33. The van der Waals surface area contributed by atoms with Gasteiger partial charge in [-0.05, 0) is 30.5 Å². The molecule has 2 aromatic rings. The van der Waals surface area contributed by atoms with Crippen molar-refractivity contribution in [3.8, 4) is 0 Å². The second-order valence-electron chi connectivity index (χ2n) is 8.41. The standard InChI is InChI=1S/C22H29Cl2N5O3/c1-27(12-15-7-8-16(23)17(24)11-15)21(31)29(3)19-18(13-30)28(2)20(26-19)25-14-22(32)9-5-4-6-10-22/h7-8,11,13,32H,4-6,9-10,12,14H2,1-3H3,(H,25,26). The van der Waals surface area contributed by atoms with Gasteiger partial charge in [0, 0.05) is 34.2 Å². The summed E-state index contributed by atoms with van der Waals surface area (Å²) in [5.41, 5.74) is 0.304. The topological polar surface area (TPSA) is 90.7 Å². The van der Waals surface area contributed by atoms with Gasteiger partial charge in [0.2, 0.25) is 5.95 Å². The zero-order chi connectivity index (χ0) is 23.5. The first-order valence-electron chi connectivity index (χ1n) is 10.6. The zero-order valence-electron chi connectivity index (χ0n) is 18.6. The maximum atomic E-state index is 13.0. The molecule has 174 valence electrons. The molecule has 0 aliphatic heterocycles. The minimum absolute atomic E-state index is 0.242. The van der Waals surface area contributed by atoms with E-state index in [0.29, 0.717) is 35.4 Å². The molecule has 3 rings (SSSR count).